The van der Waals surface area contributed by atoms with Crippen molar-refractivity contribution in [1.82, 2.24) is 24.7 Å². The number of ether oxygens (including phenoxy) is 1. The van der Waals surface area contributed by atoms with E-state index in [-0.39, 0.29) is 0 Å². The molecule has 3 heterocycles. The van der Waals surface area contributed by atoms with E-state index in [9.17, 15) is 0 Å². The van der Waals surface area contributed by atoms with Crippen molar-refractivity contribution < 1.29 is 4.74 Å². The summed E-state index contributed by atoms with van der Waals surface area (Å²) >= 11 is 0. The number of fused-ring (bicyclic) bond motifs is 3. The van der Waals surface area contributed by atoms with Crippen LogP contribution in [0.15, 0.2) is 60.8 Å². The first-order chi connectivity index (χ1) is 15.8. The zero-order chi connectivity index (χ0) is 21.5. The van der Waals surface area contributed by atoms with Crippen LogP contribution in [-0.4, -0.2) is 24.7 Å². The number of nitrogens with zero attached hydrogens (tertiary/aromatic N) is 4. The predicted octanol–water partition coefficient (Wildman–Crippen LogP) is 5.00. The number of pyridine rings is 1. The van der Waals surface area contributed by atoms with E-state index in [2.05, 4.69) is 50.1 Å². The van der Waals surface area contributed by atoms with Gasteiger partial charge in [-0.05, 0) is 43.0 Å². The quantitative estimate of drug-likeness (QED) is 0.400. The Kier molecular flexibility index (Phi) is 4.61. The molecule has 7 nitrogen and oxygen atoms in total. The number of aromatic amines is 1. The topological polar surface area (TPSA) is 94.6 Å². The summed E-state index contributed by atoms with van der Waals surface area (Å²) in [5.41, 5.74) is 12.2. The molecule has 0 spiro atoms. The Bertz CT molecular complexity index is 1390. The van der Waals surface area contributed by atoms with Gasteiger partial charge in [0.1, 0.15) is 17.9 Å². The van der Waals surface area contributed by atoms with Gasteiger partial charge in [0.2, 0.25) is 0 Å². The fourth-order valence-electron chi connectivity index (χ4n) is 4.48. The molecule has 0 atom stereocenters. The zero-order valence-corrected chi connectivity index (χ0v) is 17.7. The number of rotatable bonds is 6. The Balaban J connectivity index is 1.44. The van der Waals surface area contributed by atoms with Crippen LogP contribution in [0.2, 0.25) is 0 Å². The molecule has 0 saturated heterocycles. The maximum absolute atomic E-state index is 6.40. The van der Waals surface area contributed by atoms with Crippen LogP contribution >= 0.6 is 0 Å². The number of aromatic nitrogens is 5. The van der Waals surface area contributed by atoms with Gasteiger partial charge in [-0.15, -0.1) is 0 Å². The molecule has 32 heavy (non-hydrogen) atoms. The predicted molar refractivity (Wildman–Crippen MR) is 125 cm³/mol. The second kappa shape index (κ2) is 7.76. The summed E-state index contributed by atoms with van der Waals surface area (Å²) in [6, 6.07) is 18.8. The lowest BCUT2D eigenvalue weighted by Gasteiger charge is -2.29. The largest absolute Gasteiger partial charge is 0.382 e. The second-order valence-electron chi connectivity index (χ2n) is 8.36. The SMILES string of the molecule is Nc1nc2cc(-c3ccn[nH]3)ccc2c2c1nc(COCc1ccccc1)n2C1CCC1. The van der Waals surface area contributed by atoms with E-state index in [0.29, 0.717) is 25.1 Å². The molecule has 7 heteroatoms. The first kappa shape index (κ1) is 19.0. The maximum atomic E-state index is 6.40. The highest BCUT2D eigenvalue weighted by Gasteiger charge is 2.27. The summed E-state index contributed by atoms with van der Waals surface area (Å²) in [4.78, 5) is 9.59. The van der Waals surface area contributed by atoms with Crippen molar-refractivity contribution in [1.29, 1.82) is 0 Å². The number of anilines is 1. The van der Waals surface area contributed by atoms with Crippen LogP contribution in [0.5, 0.6) is 0 Å². The van der Waals surface area contributed by atoms with Gasteiger partial charge in [0, 0.05) is 23.2 Å². The van der Waals surface area contributed by atoms with Gasteiger partial charge in [-0.1, -0.05) is 36.4 Å². The highest BCUT2D eigenvalue weighted by Crippen LogP contribution is 2.39. The minimum Gasteiger partial charge on any atom is -0.382 e. The molecule has 0 bridgehead atoms. The van der Waals surface area contributed by atoms with Gasteiger partial charge in [0.25, 0.3) is 0 Å². The minimum absolute atomic E-state index is 0.424. The zero-order valence-electron chi connectivity index (χ0n) is 17.7. The molecule has 1 fully saturated rings. The molecule has 0 unspecified atom stereocenters. The normalized spacial score (nSPS) is 14.2. The average molecular weight is 425 g/mol. The van der Waals surface area contributed by atoms with Crippen molar-refractivity contribution in [3.63, 3.8) is 0 Å². The fraction of sp³-hybridized carbons (Fsp3) is 0.240. The number of benzene rings is 2. The van der Waals surface area contributed by atoms with E-state index < -0.39 is 0 Å². The van der Waals surface area contributed by atoms with Crippen LogP contribution in [0.1, 0.15) is 36.7 Å². The summed E-state index contributed by atoms with van der Waals surface area (Å²) in [7, 11) is 0. The van der Waals surface area contributed by atoms with Crippen molar-refractivity contribution in [3.8, 4) is 11.3 Å². The van der Waals surface area contributed by atoms with Crippen LogP contribution < -0.4 is 5.73 Å². The summed E-state index contributed by atoms with van der Waals surface area (Å²) in [6.07, 6.45) is 5.27. The first-order valence-corrected chi connectivity index (χ1v) is 11.0. The first-order valence-electron chi connectivity index (χ1n) is 11.0. The summed E-state index contributed by atoms with van der Waals surface area (Å²) in [5.74, 6) is 1.37. The van der Waals surface area contributed by atoms with Crippen molar-refractivity contribution in [2.24, 2.45) is 0 Å². The van der Waals surface area contributed by atoms with Crippen LogP contribution in [-0.2, 0) is 18.0 Å². The summed E-state index contributed by atoms with van der Waals surface area (Å²) < 4.78 is 8.41. The van der Waals surface area contributed by atoms with Crippen LogP contribution in [0, 0.1) is 0 Å². The molecule has 160 valence electrons. The lowest BCUT2D eigenvalue weighted by molar-refractivity contribution is 0.0967. The van der Waals surface area contributed by atoms with Gasteiger partial charge in [-0.3, -0.25) is 5.10 Å². The van der Waals surface area contributed by atoms with Gasteiger partial charge >= 0.3 is 0 Å². The van der Waals surface area contributed by atoms with Gasteiger partial charge in [-0.25, -0.2) is 9.97 Å². The maximum Gasteiger partial charge on any atom is 0.152 e. The van der Waals surface area contributed by atoms with Crippen LogP contribution in [0.4, 0.5) is 5.82 Å². The molecule has 0 aliphatic heterocycles. The van der Waals surface area contributed by atoms with E-state index >= 15 is 0 Å². The van der Waals surface area contributed by atoms with Gasteiger partial charge in [0.05, 0.1) is 23.3 Å². The molecule has 1 aliphatic rings. The number of H-pyrrole nitrogens is 1. The summed E-state index contributed by atoms with van der Waals surface area (Å²) in [6.45, 7) is 0.990. The van der Waals surface area contributed by atoms with Crippen molar-refractivity contribution >= 4 is 27.8 Å². The van der Waals surface area contributed by atoms with Gasteiger partial charge < -0.3 is 15.0 Å². The Labute approximate surface area is 185 Å². The van der Waals surface area contributed by atoms with Crippen molar-refractivity contribution in [2.45, 2.75) is 38.5 Å². The Morgan fingerprint density at radius 2 is 1.91 bits per heavy atom. The third-order valence-electron chi connectivity index (χ3n) is 6.31. The number of hydrogen-bond donors (Lipinski definition) is 2. The molecule has 0 radical (unpaired) electrons. The molecule has 6 rings (SSSR count). The van der Waals surface area contributed by atoms with E-state index in [1.807, 2.05) is 24.3 Å². The second-order valence-corrected chi connectivity index (χ2v) is 8.36. The molecular formula is C25H24N6O. The number of hydrogen-bond acceptors (Lipinski definition) is 5. The van der Waals surface area contributed by atoms with Crippen molar-refractivity contribution in [2.75, 3.05) is 5.73 Å². The summed E-state index contributed by atoms with van der Waals surface area (Å²) in [5, 5.41) is 8.13. The smallest absolute Gasteiger partial charge is 0.152 e. The number of nitrogens with one attached hydrogen (secondary N) is 1. The number of nitrogens with two attached hydrogens (primary N) is 1. The molecular weight excluding hydrogens is 400 g/mol. The lowest BCUT2D eigenvalue weighted by Crippen LogP contribution is -2.19. The Morgan fingerprint density at radius 1 is 1.03 bits per heavy atom. The Hall–Kier alpha value is -3.71. The molecule has 2 aromatic carbocycles. The van der Waals surface area contributed by atoms with E-state index in [0.717, 1.165) is 57.4 Å². The number of nitrogen functional groups attached to an aromatic ring is 1. The molecule has 3 N–H and O–H groups in total. The van der Waals surface area contributed by atoms with Crippen LogP contribution in [0.25, 0.3) is 33.2 Å². The highest BCUT2D eigenvalue weighted by atomic mass is 16.5. The fourth-order valence-corrected chi connectivity index (χ4v) is 4.48. The van der Waals surface area contributed by atoms with Gasteiger partial charge in [-0.2, -0.15) is 5.10 Å². The molecule has 0 amide bonds. The monoisotopic (exact) mass is 424 g/mol. The molecule has 3 aromatic heterocycles. The third-order valence-corrected chi connectivity index (χ3v) is 6.31. The number of imidazole rings is 1. The lowest BCUT2D eigenvalue weighted by atomic mass is 9.92. The minimum atomic E-state index is 0.424. The van der Waals surface area contributed by atoms with Crippen LogP contribution in [0.3, 0.4) is 0 Å². The average Bonchev–Trinajstić information content (AvgIpc) is 3.43. The molecule has 5 aromatic rings. The Morgan fingerprint density at radius 3 is 2.66 bits per heavy atom. The highest BCUT2D eigenvalue weighted by molar-refractivity contribution is 6.07. The van der Waals surface area contributed by atoms with E-state index in [4.69, 9.17) is 15.5 Å². The third kappa shape index (κ3) is 3.22. The van der Waals surface area contributed by atoms with Crippen molar-refractivity contribution in [3.05, 3.63) is 72.2 Å². The molecule has 1 saturated carbocycles. The molecule has 1 aliphatic carbocycles. The van der Waals surface area contributed by atoms with E-state index in [1.54, 1.807) is 6.20 Å². The van der Waals surface area contributed by atoms with Gasteiger partial charge in [0.15, 0.2) is 5.82 Å². The standard InChI is InChI=1S/C25H24N6O/c26-25-23-24(19-10-9-17(13-21(19)28-25)20-11-12-27-30-20)31(18-7-4-8-18)22(29-23)15-32-14-16-5-2-1-3-6-16/h1-3,5-6,9-13,18H,4,7-8,14-15H2,(H2,26,28)(H,27,30). The van der Waals surface area contributed by atoms with E-state index in [1.165, 1.54) is 6.42 Å².